The van der Waals surface area contributed by atoms with Gasteiger partial charge in [-0.25, -0.2) is 0 Å². The summed E-state index contributed by atoms with van der Waals surface area (Å²) < 4.78 is 79.6. The Labute approximate surface area is 223 Å². The Morgan fingerprint density at radius 2 is 1.39 bits per heavy atom. The van der Waals surface area contributed by atoms with E-state index in [0.717, 1.165) is 13.1 Å². The average molecular weight is 561 g/mol. The summed E-state index contributed by atoms with van der Waals surface area (Å²) in [4.78, 5) is 18.1. The van der Waals surface area contributed by atoms with Crippen molar-refractivity contribution in [3.63, 3.8) is 0 Å². The number of halogens is 7. The molecule has 4 rings (SSSR count). The summed E-state index contributed by atoms with van der Waals surface area (Å²) in [6, 6.07) is 8.28. The molecule has 10 heteroatoms. The predicted octanol–water partition coefficient (Wildman–Crippen LogP) is 7.57. The van der Waals surface area contributed by atoms with Gasteiger partial charge >= 0.3 is 12.4 Å². The minimum Gasteiger partial charge on any atom is -0.298 e. The zero-order valence-corrected chi connectivity index (χ0v) is 21.7. The third kappa shape index (κ3) is 7.30. The number of rotatable bonds is 7. The molecule has 2 fully saturated rings. The van der Waals surface area contributed by atoms with Crippen molar-refractivity contribution >= 4 is 17.4 Å². The van der Waals surface area contributed by atoms with Crippen molar-refractivity contribution < 1.29 is 31.1 Å². The lowest BCUT2D eigenvalue weighted by Crippen LogP contribution is -2.52. The fourth-order valence-electron chi connectivity index (χ4n) is 5.62. The Balaban J connectivity index is 1.51. The Hall–Kier alpha value is -2.10. The van der Waals surface area contributed by atoms with Crippen LogP contribution in [0.2, 0.25) is 5.02 Å². The summed E-state index contributed by atoms with van der Waals surface area (Å²) in [6.45, 7) is 2.92. The highest BCUT2D eigenvalue weighted by Gasteiger charge is 2.37. The Morgan fingerprint density at radius 3 is 1.92 bits per heavy atom. The second-order valence-electron chi connectivity index (χ2n) is 10.2. The highest BCUT2D eigenvalue weighted by atomic mass is 35.5. The van der Waals surface area contributed by atoms with Gasteiger partial charge in [0, 0.05) is 43.7 Å². The van der Waals surface area contributed by atoms with E-state index in [1.165, 1.54) is 32.1 Å². The van der Waals surface area contributed by atoms with E-state index in [0.29, 0.717) is 41.9 Å². The third-order valence-corrected chi connectivity index (χ3v) is 7.86. The molecule has 1 aliphatic carbocycles. The van der Waals surface area contributed by atoms with Crippen LogP contribution in [0, 0.1) is 0 Å². The van der Waals surface area contributed by atoms with Gasteiger partial charge in [0.15, 0.2) is 5.78 Å². The Morgan fingerprint density at radius 1 is 0.842 bits per heavy atom. The normalized spacial score (nSPS) is 19.4. The van der Waals surface area contributed by atoms with Gasteiger partial charge in [-0.3, -0.25) is 14.6 Å². The summed E-state index contributed by atoms with van der Waals surface area (Å²) in [7, 11) is 0. The first-order valence-corrected chi connectivity index (χ1v) is 13.3. The molecule has 0 radical (unpaired) electrons. The first kappa shape index (κ1) is 28.9. The zero-order chi connectivity index (χ0) is 27.5. The molecule has 0 aromatic heterocycles. The van der Waals surface area contributed by atoms with Gasteiger partial charge < -0.3 is 0 Å². The van der Waals surface area contributed by atoms with Gasteiger partial charge in [0.2, 0.25) is 0 Å². The maximum atomic E-state index is 13.5. The van der Waals surface area contributed by atoms with E-state index in [2.05, 4.69) is 9.80 Å². The van der Waals surface area contributed by atoms with Gasteiger partial charge in [0.05, 0.1) is 17.2 Å². The molecule has 0 spiro atoms. The van der Waals surface area contributed by atoms with E-state index in [1.54, 1.807) is 24.3 Å². The molecule has 1 saturated heterocycles. The zero-order valence-electron chi connectivity index (χ0n) is 20.9. The van der Waals surface area contributed by atoms with Gasteiger partial charge in [0.25, 0.3) is 0 Å². The number of aryl methyl sites for hydroxylation is 1. The van der Waals surface area contributed by atoms with Gasteiger partial charge in [-0.2, -0.15) is 26.3 Å². The third-order valence-electron chi connectivity index (χ3n) is 7.60. The second-order valence-corrected chi connectivity index (χ2v) is 10.6. The number of piperazine rings is 1. The smallest absolute Gasteiger partial charge is 0.298 e. The summed E-state index contributed by atoms with van der Waals surface area (Å²) in [5.41, 5.74) is -2.20. The Kier molecular flexibility index (Phi) is 9.10. The number of hydrogen-bond donors (Lipinski definition) is 0. The standard InChI is InChI=1S/C28H31ClF6N2O/c29-23-9-7-20(8-10-23)26(37-14-12-36(13-15-37)24-4-2-1-3-5-24)25(38)11-6-19-16-21(27(30,31)32)18-22(17-19)28(33,34)35/h7-10,16-18,24,26H,1-6,11-15H2. The summed E-state index contributed by atoms with van der Waals surface area (Å²) in [6.07, 6.45) is -4.20. The number of hydrogen-bond acceptors (Lipinski definition) is 3. The maximum Gasteiger partial charge on any atom is 0.416 e. The van der Waals surface area contributed by atoms with Gasteiger partial charge in [-0.15, -0.1) is 0 Å². The molecule has 1 heterocycles. The molecule has 208 valence electrons. The van der Waals surface area contributed by atoms with Gasteiger partial charge in [0.1, 0.15) is 0 Å². The number of ketones is 1. The highest BCUT2D eigenvalue weighted by molar-refractivity contribution is 6.30. The van der Waals surface area contributed by atoms with Crippen LogP contribution in [0.4, 0.5) is 26.3 Å². The molecule has 0 bridgehead atoms. The van der Waals surface area contributed by atoms with E-state index in [-0.39, 0.29) is 30.3 Å². The number of Topliss-reactive ketones (excluding diaryl/α,β-unsaturated/α-hetero) is 1. The molecule has 1 saturated carbocycles. The van der Waals surface area contributed by atoms with Crippen molar-refractivity contribution in [1.29, 1.82) is 0 Å². The molecule has 3 nitrogen and oxygen atoms in total. The number of benzene rings is 2. The molecule has 2 aromatic carbocycles. The van der Waals surface area contributed by atoms with E-state index in [1.807, 2.05) is 0 Å². The van der Waals surface area contributed by atoms with Crippen molar-refractivity contribution in [2.75, 3.05) is 26.2 Å². The lowest BCUT2D eigenvalue weighted by molar-refractivity contribution is -0.143. The molecule has 1 unspecified atom stereocenters. The van der Waals surface area contributed by atoms with Crippen molar-refractivity contribution in [1.82, 2.24) is 9.80 Å². The quantitative estimate of drug-likeness (QED) is 0.326. The molecule has 0 N–H and O–H groups in total. The van der Waals surface area contributed by atoms with Crippen LogP contribution in [0.1, 0.15) is 66.8 Å². The molecule has 1 atom stereocenters. The number of carbonyl (C=O) groups is 1. The summed E-state index contributed by atoms with van der Waals surface area (Å²) in [5, 5.41) is 0.505. The van der Waals surface area contributed by atoms with Crippen LogP contribution in [0.5, 0.6) is 0 Å². The summed E-state index contributed by atoms with van der Waals surface area (Å²) >= 11 is 6.04. The minimum absolute atomic E-state index is 0.105. The number of nitrogens with zero attached hydrogens (tertiary/aromatic N) is 2. The lowest BCUT2D eigenvalue weighted by Gasteiger charge is -2.43. The molecule has 38 heavy (non-hydrogen) atoms. The van der Waals surface area contributed by atoms with Crippen molar-refractivity contribution in [3.05, 3.63) is 69.7 Å². The van der Waals surface area contributed by atoms with Crippen molar-refractivity contribution in [2.45, 2.75) is 69.4 Å². The lowest BCUT2D eigenvalue weighted by atomic mass is 9.92. The fourth-order valence-corrected chi connectivity index (χ4v) is 5.75. The van der Waals surface area contributed by atoms with E-state index in [4.69, 9.17) is 11.6 Å². The fraction of sp³-hybridized carbons (Fsp3) is 0.536. The molecule has 1 aliphatic heterocycles. The topological polar surface area (TPSA) is 23.6 Å². The van der Waals surface area contributed by atoms with Crippen LogP contribution >= 0.6 is 11.6 Å². The van der Waals surface area contributed by atoms with Gasteiger partial charge in [-0.1, -0.05) is 43.0 Å². The second kappa shape index (κ2) is 12.0. The van der Waals surface area contributed by atoms with Crippen LogP contribution in [-0.2, 0) is 23.6 Å². The van der Waals surface area contributed by atoms with Crippen molar-refractivity contribution in [3.8, 4) is 0 Å². The molecular formula is C28H31ClF6N2O. The van der Waals surface area contributed by atoms with Crippen LogP contribution in [0.3, 0.4) is 0 Å². The van der Waals surface area contributed by atoms with E-state index in [9.17, 15) is 31.1 Å². The van der Waals surface area contributed by atoms with Crippen LogP contribution in [0.15, 0.2) is 42.5 Å². The number of carbonyl (C=O) groups excluding carboxylic acids is 1. The van der Waals surface area contributed by atoms with Crippen LogP contribution < -0.4 is 0 Å². The van der Waals surface area contributed by atoms with E-state index < -0.39 is 29.5 Å². The van der Waals surface area contributed by atoms with Crippen molar-refractivity contribution in [2.24, 2.45) is 0 Å². The highest BCUT2D eigenvalue weighted by Crippen LogP contribution is 2.37. The Bertz CT molecular complexity index is 1060. The monoisotopic (exact) mass is 560 g/mol. The molecular weight excluding hydrogens is 530 g/mol. The first-order valence-electron chi connectivity index (χ1n) is 13.0. The average Bonchev–Trinajstić information content (AvgIpc) is 2.88. The summed E-state index contributed by atoms with van der Waals surface area (Å²) in [5.74, 6) is -0.246. The predicted molar refractivity (Wildman–Crippen MR) is 134 cm³/mol. The molecule has 2 aromatic rings. The molecule has 2 aliphatic rings. The van der Waals surface area contributed by atoms with Crippen LogP contribution in [0.25, 0.3) is 0 Å². The van der Waals surface area contributed by atoms with Gasteiger partial charge in [-0.05, 0) is 60.7 Å². The first-order chi connectivity index (χ1) is 17.9. The largest absolute Gasteiger partial charge is 0.416 e. The minimum atomic E-state index is -4.93. The van der Waals surface area contributed by atoms with E-state index >= 15 is 0 Å². The number of alkyl halides is 6. The van der Waals surface area contributed by atoms with Crippen LogP contribution in [-0.4, -0.2) is 47.8 Å². The maximum absolute atomic E-state index is 13.5. The SMILES string of the molecule is O=C(CCc1cc(C(F)(F)F)cc(C(F)(F)F)c1)C(c1ccc(Cl)cc1)N1CCN(C2CCCCC2)CC1. The molecule has 0 amide bonds.